The number of hydrogen-bond donors (Lipinski definition) is 0. The van der Waals surface area contributed by atoms with Crippen molar-refractivity contribution in [3.05, 3.63) is 29.8 Å². The van der Waals surface area contributed by atoms with E-state index in [0.29, 0.717) is 24.5 Å². The SMILES string of the molecule is C/C=C/c1ccc(OCC(=O)N(CC)C2CCS(=O)(=O)C2)c(OC)c1. The van der Waals surface area contributed by atoms with Crippen molar-refractivity contribution in [3.63, 3.8) is 0 Å². The van der Waals surface area contributed by atoms with Crippen LogP contribution in [0.15, 0.2) is 24.3 Å². The summed E-state index contributed by atoms with van der Waals surface area (Å²) in [4.78, 5) is 14.1. The third-order valence-electron chi connectivity index (χ3n) is 4.21. The average molecular weight is 367 g/mol. The smallest absolute Gasteiger partial charge is 0.260 e. The molecule has 1 aliphatic heterocycles. The van der Waals surface area contributed by atoms with Crippen molar-refractivity contribution in [2.45, 2.75) is 26.3 Å². The lowest BCUT2D eigenvalue weighted by Gasteiger charge is -2.26. The lowest BCUT2D eigenvalue weighted by atomic mass is 10.2. The Morgan fingerprint density at radius 2 is 2.12 bits per heavy atom. The number of benzene rings is 1. The largest absolute Gasteiger partial charge is 0.493 e. The molecule has 0 saturated carbocycles. The molecule has 0 bridgehead atoms. The molecule has 138 valence electrons. The van der Waals surface area contributed by atoms with Gasteiger partial charge in [0.15, 0.2) is 27.9 Å². The number of likely N-dealkylation sites (N-methyl/N-ethyl adjacent to an activating group) is 1. The highest BCUT2D eigenvalue weighted by Crippen LogP contribution is 2.28. The summed E-state index contributed by atoms with van der Waals surface area (Å²) in [5.41, 5.74) is 0.976. The fourth-order valence-electron chi connectivity index (χ4n) is 2.98. The van der Waals surface area contributed by atoms with Crippen molar-refractivity contribution in [1.82, 2.24) is 4.90 Å². The van der Waals surface area contributed by atoms with Crippen LogP contribution in [0.2, 0.25) is 0 Å². The minimum atomic E-state index is -3.03. The Morgan fingerprint density at radius 1 is 1.36 bits per heavy atom. The minimum absolute atomic E-state index is 0.0357. The van der Waals surface area contributed by atoms with Gasteiger partial charge in [-0.25, -0.2) is 8.42 Å². The van der Waals surface area contributed by atoms with Gasteiger partial charge in [0, 0.05) is 12.6 Å². The van der Waals surface area contributed by atoms with Crippen molar-refractivity contribution in [1.29, 1.82) is 0 Å². The molecule has 1 fully saturated rings. The van der Waals surface area contributed by atoms with Crippen LogP contribution < -0.4 is 9.47 Å². The maximum Gasteiger partial charge on any atom is 0.260 e. The normalized spacial score (nSPS) is 19.1. The lowest BCUT2D eigenvalue weighted by molar-refractivity contribution is -0.135. The van der Waals surface area contributed by atoms with Crippen molar-refractivity contribution in [2.24, 2.45) is 0 Å². The second-order valence-electron chi connectivity index (χ2n) is 5.94. The molecule has 25 heavy (non-hydrogen) atoms. The van der Waals surface area contributed by atoms with Crippen LogP contribution >= 0.6 is 0 Å². The van der Waals surface area contributed by atoms with E-state index in [2.05, 4.69) is 0 Å². The van der Waals surface area contributed by atoms with E-state index in [0.717, 1.165) is 5.56 Å². The fraction of sp³-hybridized carbons (Fsp3) is 0.500. The molecule has 1 saturated heterocycles. The molecular formula is C18H25NO5S. The highest BCUT2D eigenvalue weighted by atomic mass is 32.2. The van der Waals surface area contributed by atoms with Crippen LogP contribution in [0.5, 0.6) is 11.5 Å². The Bertz CT molecular complexity index is 742. The number of nitrogens with zero attached hydrogens (tertiary/aromatic N) is 1. The van der Waals surface area contributed by atoms with Gasteiger partial charge in [0.2, 0.25) is 0 Å². The van der Waals surface area contributed by atoms with E-state index in [1.807, 2.05) is 38.1 Å². The zero-order chi connectivity index (χ0) is 18.4. The van der Waals surface area contributed by atoms with Crippen LogP contribution in [0.25, 0.3) is 6.08 Å². The van der Waals surface area contributed by atoms with Crippen molar-refractivity contribution in [2.75, 3.05) is 31.8 Å². The molecule has 1 heterocycles. The predicted octanol–water partition coefficient (Wildman–Crippen LogP) is 2.14. The maximum absolute atomic E-state index is 12.5. The summed E-state index contributed by atoms with van der Waals surface area (Å²) in [7, 11) is -1.49. The van der Waals surface area contributed by atoms with E-state index in [4.69, 9.17) is 9.47 Å². The van der Waals surface area contributed by atoms with E-state index in [9.17, 15) is 13.2 Å². The van der Waals surface area contributed by atoms with E-state index in [1.165, 1.54) is 0 Å². The number of allylic oxidation sites excluding steroid dienone is 1. The fourth-order valence-corrected chi connectivity index (χ4v) is 4.71. The monoisotopic (exact) mass is 367 g/mol. The molecule has 7 heteroatoms. The van der Waals surface area contributed by atoms with Crippen LogP contribution in [0, 0.1) is 0 Å². The third-order valence-corrected chi connectivity index (χ3v) is 5.96. The van der Waals surface area contributed by atoms with Gasteiger partial charge in [-0.1, -0.05) is 18.2 Å². The molecule has 1 atom stereocenters. The predicted molar refractivity (Wildman–Crippen MR) is 97.6 cm³/mol. The number of carbonyl (C=O) groups excluding carboxylic acids is 1. The first-order valence-corrected chi connectivity index (χ1v) is 10.2. The van der Waals surface area contributed by atoms with Crippen molar-refractivity contribution in [3.8, 4) is 11.5 Å². The Morgan fingerprint density at radius 3 is 2.68 bits per heavy atom. The number of carbonyl (C=O) groups is 1. The molecule has 1 unspecified atom stereocenters. The summed E-state index contributed by atoms with van der Waals surface area (Å²) in [6, 6.07) is 5.22. The quantitative estimate of drug-likeness (QED) is 0.738. The molecule has 1 aromatic rings. The second kappa shape index (κ2) is 8.38. The summed E-state index contributed by atoms with van der Waals surface area (Å²) in [6.07, 6.45) is 4.35. The zero-order valence-electron chi connectivity index (χ0n) is 14.9. The number of methoxy groups -OCH3 is 1. The summed E-state index contributed by atoms with van der Waals surface area (Å²) in [5.74, 6) is 0.995. The minimum Gasteiger partial charge on any atom is -0.493 e. The Kier molecular flexibility index (Phi) is 6.47. The molecule has 0 aliphatic carbocycles. The number of sulfone groups is 1. The van der Waals surface area contributed by atoms with Gasteiger partial charge in [-0.15, -0.1) is 0 Å². The maximum atomic E-state index is 12.5. The van der Waals surface area contributed by atoms with Crippen molar-refractivity contribution < 1.29 is 22.7 Å². The topological polar surface area (TPSA) is 72.9 Å². The van der Waals surface area contributed by atoms with Crippen LogP contribution in [-0.2, 0) is 14.6 Å². The van der Waals surface area contributed by atoms with Crippen LogP contribution in [-0.4, -0.2) is 57.0 Å². The molecule has 0 radical (unpaired) electrons. The first kappa shape index (κ1) is 19.3. The van der Waals surface area contributed by atoms with E-state index in [-0.39, 0.29) is 30.1 Å². The summed E-state index contributed by atoms with van der Waals surface area (Å²) >= 11 is 0. The molecule has 2 rings (SSSR count). The Balaban J connectivity index is 2.03. The molecule has 1 aromatic carbocycles. The first-order chi connectivity index (χ1) is 11.9. The molecule has 1 aliphatic rings. The molecule has 1 amide bonds. The average Bonchev–Trinajstić information content (AvgIpc) is 2.94. The van der Waals surface area contributed by atoms with Crippen LogP contribution in [0.1, 0.15) is 25.8 Å². The second-order valence-corrected chi connectivity index (χ2v) is 8.16. The summed E-state index contributed by atoms with van der Waals surface area (Å²) < 4.78 is 34.2. The van der Waals surface area contributed by atoms with Crippen molar-refractivity contribution >= 4 is 21.8 Å². The van der Waals surface area contributed by atoms with Gasteiger partial charge in [0.1, 0.15) is 0 Å². The van der Waals surface area contributed by atoms with Crippen LogP contribution in [0.4, 0.5) is 0 Å². The van der Waals surface area contributed by atoms with Gasteiger partial charge in [-0.05, 0) is 38.0 Å². The van der Waals surface area contributed by atoms with E-state index < -0.39 is 9.84 Å². The summed E-state index contributed by atoms with van der Waals surface area (Å²) in [6.45, 7) is 4.08. The van der Waals surface area contributed by atoms with E-state index in [1.54, 1.807) is 18.1 Å². The molecular weight excluding hydrogens is 342 g/mol. The number of rotatable bonds is 7. The molecule has 0 spiro atoms. The lowest BCUT2D eigenvalue weighted by Crippen LogP contribution is -2.43. The van der Waals surface area contributed by atoms with Gasteiger partial charge >= 0.3 is 0 Å². The van der Waals surface area contributed by atoms with Gasteiger partial charge in [0.05, 0.1) is 18.6 Å². The summed E-state index contributed by atoms with van der Waals surface area (Å²) in [5, 5.41) is 0. The number of amides is 1. The number of hydrogen-bond acceptors (Lipinski definition) is 5. The highest BCUT2D eigenvalue weighted by Gasteiger charge is 2.34. The first-order valence-electron chi connectivity index (χ1n) is 8.33. The van der Waals surface area contributed by atoms with Gasteiger partial charge in [-0.2, -0.15) is 0 Å². The van der Waals surface area contributed by atoms with E-state index >= 15 is 0 Å². The van der Waals surface area contributed by atoms with Crippen LogP contribution in [0.3, 0.4) is 0 Å². The standard InChI is InChI=1S/C18H25NO5S/c1-4-6-14-7-8-16(17(11-14)23-3)24-12-18(20)19(5-2)15-9-10-25(21,22)13-15/h4,6-8,11,15H,5,9-10,12-13H2,1-3H3/b6-4+. The zero-order valence-corrected chi connectivity index (χ0v) is 15.7. The third kappa shape index (κ3) is 4.98. The van der Waals surface area contributed by atoms with Gasteiger partial charge in [-0.3, -0.25) is 4.79 Å². The highest BCUT2D eigenvalue weighted by molar-refractivity contribution is 7.91. The van der Waals surface area contributed by atoms with Gasteiger partial charge in [0.25, 0.3) is 5.91 Å². The molecule has 0 N–H and O–H groups in total. The number of ether oxygens (including phenoxy) is 2. The van der Waals surface area contributed by atoms with Gasteiger partial charge < -0.3 is 14.4 Å². The Hall–Kier alpha value is -2.02. The molecule has 0 aromatic heterocycles. The molecule has 6 nitrogen and oxygen atoms in total. The Labute approximate surface area is 149 Å².